The van der Waals surface area contributed by atoms with Crippen LogP contribution in [0, 0.1) is 5.41 Å². The summed E-state index contributed by atoms with van der Waals surface area (Å²) in [6.07, 6.45) is 5.65. The first-order valence-corrected chi connectivity index (χ1v) is 7.16. The molecule has 1 aliphatic carbocycles. The minimum atomic E-state index is 0.497. The molecule has 0 saturated heterocycles. The quantitative estimate of drug-likeness (QED) is 0.782. The van der Waals surface area contributed by atoms with Crippen molar-refractivity contribution in [2.24, 2.45) is 5.41 Å². The van der Waals surface area contributed by atoms with Gasteiger partial charge >= 0.3 is 0 Å². The monoisotopic (exact) mass is 259 g/mol. The van der Waals surface area contributed by atoms with Crippen LogP contribution in [0.25, 0.3) is 0 Å². The normalized spacial score (nSPS) is 21.3. The zero-order valence-corrected chi connectivity index (χ0v) is 12.1. The molecule has 0 radical (unpaired) electrons. The fourth-order valence-corrected chi connectivity index (χ4v) is 2.80. The van der Waals surface area contributed by atoms with E-state index in [0.29, 0.717) is 18.1 Å². The van der Waals surface area contributed by atoms with E-state index >= 15 is 0 Å². The number of rotatable bonds is 6. The molecule has 2 nitrogen and oxygen atoms in total. The largest absolute Gasteiger partial charge is 0.489 e. The summed E-state index contributed by atoms with van der Waals surface area (Å²) in [6.45, 7) is 9.85. The number of nitrogens with one attached hydrogen (secondary N) is 1. The zero-order valence-electron chi connectivity index (χ0n) is 12.1. The number of hydrogen-bond donors (Lipinski definition) is 1. The van der Waals surface area contributed by atoms with E-state index in [-0.39, 0.29) is 0 Å². The number of ether oxygens (including phenoxy) is 1. The van der Waals surface area contributed by atoms with Gasteiger partial charge in [-0.05, 0) is 30.7 Å². The fourth-order valence-electron chi connectivity index (χ4n) is 2.80. The van der Waals surface area contributed by atoms with Crippen molar-refractivity contribution in [2.45, 2.75) is 45.7 Å². The maximum absolute atomic E-state index is 5.68. The van der Waals surface area contributed by atoms with Crippen molar-refractivity contribution in [3.63, 3.8) is 0 Å². The Bertz CT molecular complexity index is 425. The van der Waals surface area contributed by atoms with E-state index in [2.05, 4.69) is 37.9 Å². The summed E-state index contributed by atoms with van der Waals surface area (Å²) >= 11 is 0. The van der Waals surface area contributed by atoms with Gasteiger partial charge in [-0.25, -0.2) is 0 Å². The van der Waals surface area contributed by atoms with Crippen LogP contribution in [0.1, 0.15) is 38.7 Å². The summed E-state index contributed by atoms with van der Waals surface area (Å²) in [5, 5.41) is 3.66. The summed E-state index contributed by atoms with van der Waals surface area (Å²) < 4.78 is 5.68. The van der Waals surface area contributed by atoms with E-state index in [1.165, 1.54) is 24.8 Å². The summed E-state index contributed by atoms with van der Waals surface area (Å²) in [7, 11) is 0. The third-order valence-corrected chi connectivity index (χ3v) is 3.88. The highest BCUT2D eigenvalue weighted by Crippen LogP contribution is 2.37. The lowest BCUT2D eigenvalue weighted by molar-refractivity contribution is 0.351. The maximum Gasteiger partial charge on any atom is 0.124 e. The van der Waals surface area contributed by atoms with Crippen LogP contribution in [0.5, 0.6) is 5.75 Å². The summed E-state index contributed by atoms with van der Waals surface area (Å²) in [6, 6.07) is 8.88. The van der Waals surface area contributed by atoms with Gasteiger partial charge in [0.25, 0.3) is 0 Å². The van der Waals surface area contributed by atoms with Gasteiger partial charge in [0.1, 0.15) is 12.4 Å². The molecule has 0 heterocycles. The molecule has 1 fully saturated rings. The number of para-hydroxylation sites is 1. The van der Waals surface area contributed by atoms with E-state index in [9.17, 15) is 0 Å². The molecule has 1 unspecified atom stereocenters. The van der Waals surface area contributed by atoms with Crippen LogP contribution in [-0.2, 0) is 6.54 Å². The molecule has 0 bridgehead atoms. The third kappa shape index (κ3) is 4.10. The van der Waals surface area contributed by atoms with Gasteiger partial charge in [0.05, 0.1) is 0 Å². The lowest BCUT2D eigenvalue weighted by Crippen LogP contribution is -2.27. The molecule has 1 atom stereocenters. The van der Waals surface area contributed by atoms with E-state index in [4.69, 9.17) is 4.74 Å². The number of benzene rings is 1. The molecule has 104 valence electrons. The van der Waals surface area contributed by atoms with Gasteiger partial charge in [-0.15, -0.1) is 0 Å². The lowest BCUT2D eigenvalue weighted by atomic mass is 9.92. The van der Waals surface area contributed by atoms with Crippen molar-refractivity contribution in [1.82, 2.24) is 5.32 Å². The highest BCUT2D eigenvalue weighted by Gasteiger charge is 2.30. The van der Waals surface area contributed by atoms with Crippen molar-refractivity contribution in [3.8, 4) is 5.75 Å². The standard InChI is InChI=1S/C17H25NO/c1-4-11-19-16-8-6-5-7-14(16)13-18-15-9-10-17(2,3)12-15/h4-8,15,18H,1,9-13H2,2-3H3. The average Bonchev–Trinajstić information content (AvgIpc) is 2.74. The summed E-state index contributed by atoms with van der Waals surface area (Å²) in [4.78, 5) is 0. The van der Waals surface area contributed by atoms with Crippen LogP contribution in [0.3, 0.4) is 0 Å². The second-order valence-electron chi connectivity index (χ2n) is 6.19. The zero-order chi connectivity index (χ0) is 13.7. The molecular weight excluding hydrogens is 234 g/mol. The van der Waals surface area contributed by atoms with Crippen molar-refractivity contribution in [3.05, 3.63) is 42.5 Å². The van der Waals surface area contributed by atoms with E-state index < -0.39 is 0 Å². The molecule has 1 aromatic rings. The molecule has 1 saturated carbocycles. The van der Waals surface area contributed by atoms with Crippen molar-refractivity contribution in [2.75, 3.05) is 6.61 Å². The highest BCUT2D eigenvalue weighted by atomic mass is 16.5. The van der Waals surface area contributed by atoms with Gasteiger partial charge in [-0.1, -0.05) is 44.7 Å². The molecule has 19 heavy (non-hydrogen) atoms. The Labute approximate surface area is 116 Å². The van der Waals surface area contributed by atoms with Gasteiger partial charge < -0.3 is 10.1 Å². The van der Waals surface area contributed by atoms with Crippen LogP contribution < -0.4 is 10.1 Å². The second kappa shape index (κ2) is 6.25. The maximum atomic E-state index is 5.68. The van der Waals surface area contributed by atoms with Crippen molar-refractivity contribution >= 4 is 0 Å². The van der Waals surface area contributed by atoms with Crippen molar-refractivity contribution < 1.29 is 4.74 Å². The molecule has 1 aromatic carbocycles. The van der Waals surface area contributed by atoms with Crippen LogP contribution in [0.15, 0.2) is 36.9 Å². The molecule has 0 aromatic heterocycles. The topological polar surface area (TPSA) is 21.3 Å². The van der Waals surface area contributed by atoms with Gasteiger partial charge in [0.15, 0.2) is 0 Å². The second-order valence-corrected chi connectivity index (χ2v) is 6.19. The summed E-state index contributed by atoms with van der Waals surface area (Å²) in [5.74, 6) is 0.965. The van der Waals surface area contributed by atoms with Crippen LogP contribution >= 0.6 is 0 Å². The molecular formula is C17H25NO. The molecule has 2 heteroatoms. The summed E-state index contributed by atoms with van der Waals surface area (Å²) in [5.41, 5.74) is 1.73. The Hall–Kier alpha value is -1.28. The first-order chi connectivity index (χ1) is 9.11. The van der Waals surface area contributed by atoms with Crippen LogP contribution in [0.4, 0.5) is 0 Å². The predicted octanol–water partition coefficient (Wildman–Crippen LogP) is 3.92. The molecule has 1 aliphatic rings. The average molecular weight is 259 g/mol. The molecule has 0 amide bonds. The minimum absolute atomic E-state index is 0.497. The number of hydrogen-bond acceptors (Lipinski definition) is 2. The van der Waals surface area contributed by atoms with Crippen LogP contribution in [-0.4, -0.2) is 12.6 Å². The predicted molar refractivity (Wildman–Crippen MR) is 80.4 cm³/mol. The minimum Gasteiger partial charge on any atom is -0.489 e. The molecule has 2 rings (SSSR count). The van der Waals surface area contributed by atoms with Gasteiger partial charge in [-0.2, -0.15) is 0 Å². The van der Waals surface area contributed by atoms with Gasteiger partial charge in [-0.3, -0.25) is 0 Å². The Balaban J connectivity index is 1.90. The fraction of sp³-hybridized carbons (Fsp3) is 0.529. The highest BCUT2D eigenvalue weighted by molar-refractivity contribution is 5.33. The Morgan fingerprint density at radius 3 is 2.89 bits per heavy atom. The van der Waals surface area contributed by atoms with Gasteiger partial charge in [0, 0.05) is 18.2 Å². The lowest BCUT2D eigenvalue weighted by Gasteiger charge is -2.18. The van der Waals surface area contributed by atoms with E-state index in [1.54, 1.807) is 6.08 Å². The Kier molecular flexibility index (Phi) is 4.65. The third-order valence-electron chi connectivity index (χ3n) is 3.88. The van der Waals surface area contributed by atoms with Crippen molar-refractivity contribution in [1.29, 1.82) is 0 Å². The smallest absolute Gasteiger partial charge is 0.124 e. The SMILES string of the molecule is C=CCOc1ccccc1CNC1CCC(C)(C)C1. The first-order valence-electron chi connectivity index (χ1n) is 7.16. The molecule has 1 N–H and O–H groups in total. The van der Waals surface area contributed by atoms with Crippen LogP contribution in [0.2, 0.25) is 0 Å². The molecule has 0 spiro atoms. The molecule has 0 aliphatic heterocycles. The van der Waals surface area contributed by atoms with E-state index in [1.807, 2.05) is 12.1 Å². The first kappa shape index (κ1) is 14.1. The Morgan fingerprint density at radius 1 is 1.42 bits per heavy atom. The van der Waals surface area contributed by atoms with E-state index in [0.717, 1.165) is 12.3 Å². The Morgan fingerprint density at radius 2 is 2.21 bits per heavy atom. The van der Waals surface area contributed by atoms with Gasteiger partial charge in [0.2, 0.25) is 0 Å².